The molecular formula is C17H24F3N4O2+. The Kier molecular flexibility index (Phi) is 6.44. The molecule has 26 heavy (non-hydrogen) atoms. The molecule has 1 aliphatic heterocycles. The van der Waals surface area contributed by atoms with Crippen molar-refractivity contribution in [1.29, 1.82) is 0 Å². The lowest BCUT2D eigenvalue weighted by Gasteiger charge is -2.27. The van der Waals surface area contributed by atoms with Crippen molar-refractivity contribution in [2.45, 2.75) is 38.9 Å². The molecule has 0 radical (unpaired) electrons. The third-order valence-electron chi connectivity index (χ3n) is 4.43. The van der Waals surface area contributed by atoms with Crippen LogP contribution in [0.25, 0.3) is 0 Å². The van der Waals surface area contributed by atoms with Crippen LogP contribution in [0.1, 0.15) is 32.3 Å². The smallest absolute Gasteiger partial charge is 0.355 e. The summed E-state index contributed by atoms with van der Waals surface area (Å²) in [4.78, 5) is 28.5. The first-order chi connectivity index (χ1) is 12.2. The van der Waals surface area contributed by atoms with Gasteiger partial charge in [-0.25, -0.2) is 4.98 Å². The highest BCUT2D eigenvalue weighted by molar-refractivity contribution is 5.88. The maximum Gasteiger partial charge on any atom is 0.419 e. The number of carbonyl (C=O) groups excluding carboxylic acids is 2. The zero-order chi connectivity index (χ0) is 19.3. The van der Waals surface area contributed by atoms with E-state index in [9.17, 15) is 22.8 Å². The van der Waals surface area contributed by atoms with Gasteiger partial charge in [0.15, 0.2) is 0 Å². The van der Waals surface area contributed by atoms with Crippen molar-refractivity contribution in [2.24, 2.45) is 5.92 Å². The molecule has 0 bridgehead atoms. The summed E-state index contributed by atoms with van der Waals surface area (Å²) >= 11 is 0. The van der Waals surface area contributed by atoms with Gasteiger partial charge in [0.1, 0.15) is 12.2 Å². The van der Waals surface area contributed by atoms with Gasteiger partial charge >= 0.3 is 6.18 Å². The van der Waals surface area contributed by atoms with Crippen molar-refractivity contribution in [3.05, 3.63) is 23.9 Å². The van der Waals surface area contributed by atoms with E-state index in [1.54, 1.807) is 13.8 Å². The molecule has 1 aromatic heterocycles. The fourth-order valence-corrected chi connectivity index (χ4v) is 2.90. The summed E-state index contributed by atoms with van der Waals surface area (Å²) in [6.07, 6.45) is -2.28. The second kappa shape index (κ2) is 8.37. The van der Waals surface area contributed by atoms with Crippen LogP contribution in [0, 0.1) is 5.92 Å². The van der Waals surface area contributed by atoms with Gasteiger partial charge in [0, 0.05) is 18.5 Å². The molecule has 1 aliphatic rings. The first kappa shape index (κ1) is 20.0. The highest BCUT2D eigenvalue weighted by Crippen LogP contribution is 2.29. The van der Waals surface area contributed by atoms with Crippen LogP contribution in [0.3, 0.4) is 0 Å². The largest absolute Gasteiger partial charge is 0.419 e. The summed E-state index contributed by atoms with van der Waals surface area (Å²) in [5, 5.41) is 5.36. The highest BCUT2D eigenvalue weighted by atomic mass is 19.4. The third-order valence-corrected chi connectivity index (χ3v) is 4.43. The van der Waals surface area contributed by atoms with Gasteiger partial charge in [-0.2, -0.15) is 13.2 Å². The van der Waals surface area contributed by atoms with Crippen LogP contribution in [0.5, 0.6) is 0 Å². The predicted octanol–water partition coefficient (Wildman–Crippen LogP) is 1.38. The van der Waals surface area contributed by atoms with Gasteiger partial charge in [-0.05, 0) is 32.8 Å². The molecule has 0 aliphatic carbocycles. The first-order valence-corrected chi connectivity index (χ1v) is 8.64. The number of nitrogens with zero attached hydrogens (tertiary/aromatic N) is 1. The molecule has 0 spiro atoms. The van der Waals surface area contributed by atoms with Crippen molar-refractivity contribution in [2.75, 3.05) is 24.5 Å². The van der Waals surface area contributed by atoms with E-state index in [-0.39, 0.29) is 17.7 Å². The van der Waals surface area contributed by atoms with Crippen molar-refractivity contribution >= 4 is 17.6 Å². The van der Waals surface area contributed by atoms with E-state index in [4.69, 9.17) is 0 Å². The number of aromatic amines is 1. The van der Waals surface area contributed by atoms with Gasteiger partial charge in [-0.3, -0.25) is 14.5 Å². The number of alkyl halides is 3. The van der Waals surface area contributed by atoms with Crippen LogP contribution >= 0.6 is 0 Å². The van der Waals surface area contributed by atoms with E-state index in [2.05, 4.69) is 15.6 Å². The number of hydrogen-bond donors (Lipinski definition) is 2. The quantitative estimate of drug-likeness (QED) is 0.819. The van der Waals surface area contributed by atoms with Crippen LogP contribution in [0.15, 0.2) is 18.3 Å². The number of hydrogen-bond acceptors (Lipinski definition) is 3. The molecule has 2 heterocycles. The Morgan fingerprint density at radius 1 is 1.31 bits per heavy atom. The van der Waals surface area contributed by atoms with Gasteiger partial charge in [-0.15, -0.1) is 0 Å². The number of H-pyrrole nitrogens is 1. The molecule has 2 rings (SSSR count). The minimum Gasteiger partial charge on any atom is -0.355 e. The lowest BCUT2D eigenvalue weighted by molar-refractivity contribution is -0.367. The Morgan fingerprint density at radius 2 is 1.96 bits per heavy atom. The van der Waals surface area contributed by atoms with E-state index < -0.39 is 17.8 Å². The lowest BCUT2D eigenvalue weighted by atomic mass is 9.95. The van der Waals surface area contributed by atoms with Gasteiger partial charge in [0.2, 0.25) is 11.8 Å². The SMILES string of the molecule is CCNC(=O)[C@@H](C)NC(=O)C1CCN(c2ccc(C(F)(F)F)c[nH+]2)CC1. The number of pyridine rings is 1. The standard InChI is InChI=1S/C17H23F3N4O2/c1-3-21-15(25)11(2)23-16(26)12-6-8-24(9-7-12)14-5-4-13(10-22-14)17(18,19)20/h4-5,10-12H,3,6-9H2,1-2H3,(H,21,25)(H,23,26)/p+1/t11-/m1/s1. The number of halogens is 3. The Bertz CT molecular complexity index is 626. The monoisotopic (exact) mass is 373 g/mol. The van der Waals surface area contributed by atoms with E-state index in [1.165, 1.54) is 6.07 Å². The van der Waals surface area contributed by atoms with Crippen LogP contribution < -0.4 is 20.5 Å². The highest BCUT2D eigenvalue weighted by Gasteiger charge is 2.34. The second-order valence-electron chi connectivity index (χ2n) is 6.35. The van der Waals surface area contributed by atoms with Gasteiger partial charge < -0.3 is 10.6 Å². The van der Waals surface area contributed by atoms with Gasteiger partial charge in [0.25, 0.3) is 5.82 Å². The number of nitrogens with one attached hydrogen (secondary N) is 3. The zero-order valence-corrected chi connectivity index (χ0v) is 14.8. The maximum absolute atomic E-state index is 12.6. The normalized spacial score (nSPS) is 16.9. The number of amides is 2. The fourth-order valence-electron chi connectivity index (χ4n) is 2.90. The number of carbonyl (C=O) groups is 2. The van der Waals surface area contributed by atoms with Crippen molar-refractivity contribution in [1.82, 2.24) is 10.6 Å². The molecule has 0 unspecified atom stereocenters. The Morgan fingerprint density at radius 3 is 2.46 bits per heavy atom. The predicted molar refractivity (Wildman–Crippen MR) is 89.2 cm³/mol. The Hall–Kier alpha value is -2.32. The maximum atomic E-state index is 12.6. The van der Waals surface area contributed by atoms with Crippen LogP contribution in [-0.2, 0) is 15.8 Å². The minimum atomic E-state index is -4.37. The topological polar surface area (TPSA) is 75.6 Å². The number of anilines is 1. The number of rotatable bonds is 5. The first-order valence-electron chi connectivity index (χ1n) is 8.64. The Balaban J connectivity index is 1.86. The average Bonchev–Trinajstić information content (AvgIpc) is 2.61. The molecule has 1 atom stereocenters. The lowest BCUT2D eigenvalue weighted by Crippen LogP contribution is -2.49. The number of aromatic nitrogens is 1. The summed E-state index contributed by atoms with van der Waals surface area (Å²) in [5.41, 5.74) is -0.727. The number of likely N-dealkylation sites (N-methyl/N-ethyl adjacent to an activating group) is 1. The summed E-state index contributed by atoms with van der Waals surface area (Å²) in [7, 11) is 0. The van der Waals surface area contributed by atoms with E-state index >= 15 is 0 Å². The molecule has 1 aromatic rings. The average molecular weight is 373 g/mol. The van der Waals surface area contributed by atoms with Crippen molar-refractivity contribution < 1.29 is 27.7 Å². The fraction of sp³-hybridized carbons (Fsp3) is 0.588. The van der Waals surface area contributed by atoms with E-state index in [1.807, 2.05) is 4.90 Å². The minimum absolute atomic E-state index is 0.167. The molecule has 9 heteroatoms. The second-order valence-corrected chi connectivity index (χ2v) is 6.35. The molecule has 2 amide bonds. The zero-order valence-electron chi connectivity index (χ0n) is 14.8. The van der Waals surface area contributed by atoms with Gasteiger partial charge in [-0.1, -0.05) is 0 Å². The molecule has 6 nitrogen and oxygen atoms in total. The Labute approximate surface area is 150 Å². The summed E-state index contributed by atoms with van der Waals surface area (Å²) in [6, 6.07) is 1.85. The summed E-state index contributed by atoms with van der Waals surface area (Å²) < 4.78 is 37.8. The molecule has 0 saturated carbocycles. The molecule has 144 valence electrons. The summed E-state index contributed by atoms with van der Waals surface area (Å²) in [6.45, 7) is 5.04. The van der Waals surface area contributed by atoms with E-state index in [0.29, 0.717) is 38.3 Å². The third kappa shape index (κ3) is 5.09. The molecule has 0 aromatic carbocycles. The summed E-state index contributed by atoms with van der Waals surface area (Å²) in [5.74, 6) is -0.0115. The molecule has 1 saturated heterocycles. The molecule has 3 N–H and O–H groups in total. The van der Waals surface area contributed by atoms with Gasteiger partial charge in [0.05, 0.1) is 18.7 Å². The van der Waals surface area contributed by atoms with Crippen LogP contribution in [-0.4, -0.2) is 37.5 Å². The van der Waals surface area contributed by atoms with E-state index in [0.717, 1.165) is 12.3 Å². The van der Waals surface area contributed by atoms with Crippen LogP contribution in [0.2, 0.25) is 0 Å². The molecule has 1 fully saturated rings. The number of piperidine rings is 1. The van der Waals surface area contributed by atoms with Crippen molar-refractivity contribution in [3.63, 3.8) is 0 Å². The van der Waals surface area contributed by atoms with Crippen LogP contribution in [0.4, 0.5) is 19.0 Å². The molecular weight excluding hydrogens is 349 g/mol. The van der Waals surface area contributed by atoms with Crippen molar-refractivity contribution in [3.8, 4) is 0 Å².